The number of nitrogens with one attached hydrogen (secondary N) is 1. The summed E-state index contributed by atoms with van der Waals surface area (Å²) in [5, 5.41) is 0.831. The molecule has 0 bridgehead atoms. The number of sulfonamides is 1. The quantitative estimate of drug-likeness (QED) is 0.662. The molecule has 0 spiro atoms. The molecule has 8 nitrogen and oxygen atoms in total. The van der Waals surface area contributed by atoms with Gasteiger partial charge in [-0.1, -0.05) is 12.1 Å². The molecular formula is C20H20N4O4S. The molecule has 1 aliphatic rings. The van der Waals surface area contributed by atoms with Gasteiger partial charge in [-0.05, 0) is 36.4 Å². The summed E-state index contributed by atoms with van der Waals surface area (Å²) in [5.74, 6) is -0.809. The largest absolute Gasteiger partial charge is 0.378 e. The average Bonchev–Trinajstić information content (AvgIpc) is 2.74. The molecular weight excluding hydrogens is 392 g/mol. The number of amides is 1. The smallest absolute Gasteiger partial charge is 0.262 e. The van der Waals surface area contributed by atoms with Gasteiger partial charge in [-0.2, -0.15) is 0 Å². The van der Waals surface area contributed by atoms with Crippen LogP contribution in [-0.2, 0) is 14.8 Å². The van der Waals surface area contributed by atoms with Crippen molar-refractivity contribution >= 4 is 38.2 Å². The Morgan fingerprint density at radius 3 is 2.59 bits per heavy atom. The van der Waals surface area contributed by atoms with Crippen LogP contribution in [0.3, 0.4) is 0 Å². The Balaban J connectivity index is 1.77. The Hall–Kier alpha value is -3.17. The molecule has 3 N–H and O–H groups in total. The van der Waals surface area contributed by atoms with Crippen molar-refractivity contribution < 1.29 is 17.9 Å². The van der Waals surface area contributed by atoms with E-state index in [1.54, 1.807) is 24.4 Å². The van der Waals surface area contributed by atoms with Gasteiger partial charge < -0.3 is 15.4 Å². The molecule has 0 radical (unpaired) electrons. The summed E-state index contributed by atoms with van der Waals surface area (Å²) in [7, 11) is -4.04. The molecule has 0 unspecified atom stereocenters. The number of hydrogen-bond donors (Lipinski definition) is 2. The normalized spacial score (nSPS) is 14.7. The Bertz CT molecular complexity index is 1170. The fourth-order valence-electron chi connectivity index (χ4n) is 3.42. The molecule has 1 aromatic heterocycles. The summed E-state index contributed by atoms with van der Waals surface area (Å²) in [4.78, 5) is 18.1. The van der Waals surface area contributed by atoms with Crippen LogP contribution in [0.15, 0.2) is 59.6 Å². The molecule has 1 saturated heterocycles. The number of nitrogens with two attached hydrogens (primary N) is 1. The zero-order chi connectivity index (χ0) is 20.4. The molecule has 150 valence electrons. The third kappa shape index (κ3) is 3.74. The van der Waals surface area contributed by atoms with Crippen LogP contribution in [0.5, 0.6) is 0 Å². The maximum Gasteiger partial charge on any atom is 0.262 e. The SMILES string of the molecule is NC(=O)c1ccccc1S(=O)(=O)Nc1ccc(N2CCOCC2)c2cccnc12. The van der Waals surface area contributed by atoms with E-state index in [-0.39, 0.29) is 10.5 Å². The van der Waals surface area contributed by atoms with Crippen molar-refractivity contribution in [2.24, 2.45) is 5.73 Å². The first kappa shape index (κ1) is 19.2. The lowest BCUT2D eigenvalue weighted by atomic mass is 10.1. The van der Waals surface area contributed by atoms with Crippen LogP contribution in [0.25, 0.3) is 10.9 Å². The lowest BCUT2D eigenvalue weighted by Gasteiger charge is -2.30. The average molecular weight is 412 g/mol. The van der Waals surface area contributed by atoms with Gasteiger partial charge in [0.2, 0.25) is 5.91 Å². The van der Waals surface area contributed by atoms with Crippen LogP contribution in [0.2, 0.25) is 0 Å². The molecule has 2 heterocycles. The second-order valence-corrected chi connectivity index (χ2v) is 8.25. The van der Waals surface area contributed by atoms with E-state index in [0.717, 1.165) is 24.2 Å². The van der Waals surface area contributed by atoms with E-state index in [0.29, 0.717) is 24.4 Å². The molecule has 2 aromatic carbocycles. The van der Waals surface area contributed by atoms with Crippen molar-refractivity contribution in [3.63, 3.8) is 0 Å². The van der Waals surface area contributed by atoms with Gasteiger partial charge >= 0.3 is 0 Å². The number of ether oxygens (including phenoxy) is 1. The molecule has 0 aliphatic carbocycles. The summed E-state index contributed by atoms with van der Waals surface area (Å²) < 4.78 is 33.9. The van der Waals surface area contributed by atoms with Crippen molar-refractivity contribution in [1.29, 1.82) is 0 Å². The van der Waals surface area contributed by atoms with Gasteiger partial charge in [0.15, 0.2) is 0 Å². The van der Waals surface area contributed by atoms with Gasteiger partial charge in [0.05, 0.1) is 30.0 Å². The molecule has 3 aromatic rings. The van der Waals surface area contributed by atoms with Crippen molar-refractivity contribution in [2.45, 2.75) is 4.90 Å². The number of nitrogens with zero attached hydrogens (tertiary/aromatic N) is 2. The number of carbonyl (C=O) groups is 1. The van der Waals surface area contributed by atoms with Crippen LogP contribution in [0.4, 0.5) is 11.4 Å². The minimum atomic E-state index is -4.04. The van der Waals surface area contributed by atoms with Gasteiger partial charge in [-0.3, -0.25) is 14.5 Å². The molecule has 0 atom stereocenters. The fraction of sp³-hybridized carbons (Fsp3) is 0.200. The second-order valence-electron chi connectivity index (χ2n) is 6.60. The number of primary amides is 1. The zero-order valence-electron chi connectivity index (χ0n) is 15.5. The second kappa shape index (κ2) is 7.69. The monoisotopic (exact) mass is 412 g/mol. The standard InChI is InChI=1S/C20H20N4O4S/c21-20(25)15-4-1-2-6-18(15)29(26,27)23-16-7-8-17(24-10-12-28-13-11-24)14-5-3-9-22-19(14)16/h1-9,23H,10-13H2,(H2,21,25). The number of morpholine rings is 1. The number of hydrogen-bond acceptors (Lipinski definition) is 6. The first-order valence-electron chi connectivity index (χ1n) is 9.09. The third-order valence-corrected chi connectivity index (χ3v) is 6.21. The van der Waals surface area contributed by atoms with Crippen molar-refractivity contribution in [3.8, 4) is 0 Å². The van der Waals surface area contributed by atoms with Crippen LogP contribution < -0.4 is 15.4 Å². The van der Waals surface area contributed by atoms with Crippen LogP contribution >= 0.6 is 0 Å². The van der Waals surface area contributed by atoms with Crippen molar-refractivity contribution in [2.75, 3.05) is 35.9 Å². The van der Waals surface area contributed by atoms with Crippen molar-refractivity contribution in [3.05, 3.63) is 60.3 Å². The van der Waals surface area contributed by atoms with E-state index in [1.807, 2.05) is 18.2 Å². The van der Waals surface area contributed by atoms with Gasteiger partial charge in [0, 0.05) is 30.4 Å². The minimum absolute atomic E-state index is 0.0674. The number of aromatic nitrogens is 1. The van der Waals surface area contributed by atoms with E-state index in [2.05, 4.69) is 14.6 Å². The van der Waals surface area contributed by atoms with Crippen LogP contribution in [0, 0.1) is 0 Å². The van der Waals surface area contributed by atoms with Gasteiger partial charge in [-0.15, -0.1) is 0 Å². The highest BCUT2D eigenvalue weighted by atomic mass is 32.2. The molecule has 1 fully saturated rings. The molecule has 9 heteroatoms. The predicted octanol–water partition coefficient (Wildman–Crippen LogP) is 1.97. The predicted molar refractivity (Wildman–Crippen MR) is 111 cm³/mol. The number of rotatable bonds is 5. The Morgan fingerprint density at radius 1 is 1.07 bits per heavy atom. The van der Waals surface area contributed by atoms with Gasteiger partial charge in [0.25, 0.3) is 10.0 Å². The first-order valence-corrected chi connectivity index (χ1v) is 10.6. The van der Waals surface area contributed by atoms with Crippen molar-refractivity contribution in [1.82, 2.24) is 4.98 Å². The van der Waals surface area contributed by atoms with E-state index in [9.17, 15) is 13.2 Å². The molecule has 1 amide bonds. The number of pyridine rings is 1. The molecule has 4 rings (SSSR count). The highest BCUT2D eigenvalue weighted by Gasteiger charge is 2.23. The fourth-order valence-corrected chi connectivity index (χ4v) is 4.70. The van der Waals surface area contributed by atoms with Gasteiger partial charge in [0.1, 0.15) is 4.90 Å². The third-order valence-electron chi connectivity index (χ3n) is 4.78. The summed E-state index contributed by atoms with van der Waals surface area (Å²) >= 11 is 0. The van der Waals surface area contributed by atoms with E-state index in [4.69, 9.17) is 10.5 Å². The maximum absolute atomic E-state index is 13.0. The van der Waals surface area contributed by atoms with Crippen LogP contribution in [0.1, 0.15) is 10.4 Å². The highest BCUT2D eigenvalue weighted by molar-refractivity contribution is 7.92. The first-order chi connectivity index (χ1) is 14.0. The topological polar surface area (TPSA) is 115 Å². The number of benzene rings is 2. The highest BCUT2D eigenvalue weighted by Crippen LogP contribution is 2.32. The molecule has 29 heavy (non-hydrogen) atoms. The summed E-state index contributed by atoms with van der Waals surface area (Å²) in [6.45, 7) is 2.78. The number of carbonyl (C=O) groups excluding carboxylic acids is 1. The van der Waals surface area contributed by atoms with E-state index < -0.39 is 15.9 Å². The summed E-state index contributed by atoms with van der Waals surface area (Å²) in [5.41, 5.74) is 7.10. The Morgan fingerprint density at radius 2 is 1.83 bits per heavy atom. The van der Waals surface area contributed by atoms with Crippen LogP contribution in [-0.4, -0.2) is 45.6 Å². The summed E-state index contributed by atoms with van der Waals surface area (Å²) in [6.07, 6.45) is 1.61. The Labute approximate surface area is 168 Å². The molecule has 0 saturated carbocycles. The minimum Gasteiger partial charge on any atom is -0.378 e. The lowest BCUT2D eigenvalue weighted by Crippen LogP contribution is -2.36. The number of fused-ring (bicyclic) bond motifs is 1. The van der Waals surface area contributed by atoms with E-state index in [1.165, 1.54) is 12.1 Å². The Kier molecular flexibility index (Phi) is 5.08. The number of anilines is 2. The zero-order valence-corrected chi connectivity index (χ0v) is 16.4. The maximum atomic E-state index is 13.0. The lowest BCUT2D eigenvalue weighted by molar-refractivity contribution is 0.0997. The molecule has 1 aliphatic heterocycles. The summed E-state index contributed by atoms with van der Waals surface area (Å²) in [6, 6.07) is 13.1. The van der Waals surface area contributed by atoms with Gasteiger partial charge in [-0.25, -0.2) is 8.42 Å². The van der Waals surface area contributed by atoms with E-state index >= 15 is 0 Å².